The highest BCUT2D eigenvalue weighted by Gasteiger charge is 2.42. The lowest BCUT2D eigenvalue weighted by Gasteiger charge is -2.38. The molecule has 3 nitrogen and oxygen atoms in total. The molecule has 0 radical (unpaired) electrons. The largest absolute Gasteiger partial charge is 0.349 e. The molecule has 2 fully saturated rings. The van der Waals surface area contributed by atoms with Crippen LogP contribution in [-0.4, -0.2) is 36.5 Å². The van der Waals surface area contributed by atoms with Crippen LogP contribution in [-0.2, 0) is 10.2 Å². The molecule has 1 aromatic carbocycles. The third kappa shape index (κ3) is 2.28. The zero-order valence-electron chi connectivity index (χ0n) is 13.3. The van der Waals surface area contributed by atoms with Gasteiger partial charge in [0.25, 0.3) is 5.91 Å². The number of likely N-dealkylation sites (tertiary alicyclic amines) is 1. The molecule has 1 aliphatic heterocycles. The highest BCUT2D eigenvalue weighted by Crippen LogP contribution is 2.47. The lowest BCUT2D eigenvalue weighted by molar-refractivity contribution is -0.115. The fourth-order valence-corrected chi connectivity index (χ4v) is 3.94. The number of allylic oxidation sites excluding steroid dienone is 1. The van der Waals surface area contributed by atoms with Crippen LogP contribution in [0.1, 0.15) is 43.7 Å². The van der Waals surface area contributed by atoms with E-state index in [0.29, 0.717) is 6.04 Å². The highest BCUT2D eigenvalue weighted by molar-refractivity contribution is 6.21. The zero-order chi connectivity index (χ0) is 15.2. The molecule has 0 unspecified atom stereocenters. The number of piperidine rings is 1. The predicted octanol–water partition coefficient (Wildman–Crippen LogP) is 2.72. The molecule has 1 spiro atoms. The van der Waals surface area contributed by atoms with E-state index in [9.17, 15) is 4.79 Å². The Morgan fingerprint density at radius 3 is 2.68 bits per heavy atom. The van der Waals surface area contributed by atoms with Gasteiger partial charge < -0.3 is 10.2 Å². The van der Waals surface area contributed by atoms with Gasteiger partial charge in [0.15, 0.2) is 0 Å². The van der Waals surface area contributed by atoms with E-state index in [1.165, 1.54) is 5.56 Å². The standard InChI is InChI=1S/C19H24N2O/c1-2-21-11-9-19(10-12-21)13-16(18(22)20-14-7-8-14)15-5-3-4-6-17(15)19/h3-6,13-14H,2,7-12H2,1H3,(H,20,22). The van der Waals surface area contributed by atoms with Crippen molar-refractivity contribution in [3.05, 3.63) is 41.5 Å². The fourth-order valence-electron chi connectivity index (χ4n) is 3.94. The Kier molecular flexibility index (Phi) is 3.33. The van der Waals surface area contributed by atoms with E-state index < -0.39 is 0 Å². The minimum absolute atomic E-state index is 0.0818. The summed E-state index contributed by atoms with van der Waals surface area (Å²) in [4.78, 5) is 15.1. The summed E-state index contributed by atoms with van der Waals surface area (Å²) in [5.41, 5.74) is 3.52. The smallest absolute Gasteiger partial charge is 0.251 e. The molecule has 22 heavy (non-hydrogen) atoms. The van der Waals surface area contributed by atoms with Crippen molar-refractivity contribution in [2.75, 3.05) is 19.6 Å². The van der Waals surface area contributed by atoms with Gasteiger partial charge in [0.05, 0.1) is 0 Å². The van der Waals surface area contributed by atoms with Crippen LogP contribution in [0.2, 0.25) is 0 Å². The van der Waals surface area contributed by atoms with Crippen molar-refractivity contribution < 1.29 is 4.79 Å². The molecule has 0 bridgehead atoms. The van der Waals surface area contributed by atoms with E-state index in [2.05, 4.69) is 47.5 Å². The van der Waals surface area contributed by atoms with Crippen LogP contribution >= 0.6 is 0 Å². The van der Waals surface area contributed by atoms with Crippen molar-refractivity contribution in [2.45, 2.75) is 44.1 Å². The normalized spacial score (nSPS) is 23.2. The Morgan fingerprint density at radius 2 is 2.00 bits per heavy atom. The van der Waals surface area contributed by atoms with E-state index in [1.54, 1.807) is 0 Å². The first-order valence-corrected chi connectivity index (χ1v) is 8.58. The van der Waals surface area contributed by atoms with Gasteiger partial charge in [0.1, 0.15) is 0 Å². The first kappa shape index (κ1) is 14.0. The number of carbonyl (C=O) groups is 1. The SMILES string of the molecule is CCN1CCC2(C=C(C(=O)NC3CC3)c3ccccc32)CC1. The first-order chi connectivity index (χ1) is 10.7. The first-order valence-electron chi connectivity index (χ1n) is 8.58. The third-order valence-corrected chi connectivity index (χ3v) is 5.53. The summed E-state index contributed by atoms with van der Waals surface area (Å²) in [6.07, 6.45) is 6.80. The Morgan fingerprint density at radius 1 is 1.27 bits per heavy atom. The maximum absolute atomic E-state index is 12.6. The van der Waals surface area contributed by atoms with E-state index in [1.807, 2.05) is 0 Å². The molecule has 116 valence electrons. The van der Waals surface area contributed by atoms with Crippen LogP contribution in [0.5, 0.6) is 0 Å². The molecule has 1 aromatic rings. The van der Waals surface area contributed by atoms with Gasteiger partial charge in [-0.1, -0.05) is 37.3 Å². The number of amides is 1. The van der Waals surface area contributed by atoms with Crippen LogP contribution in [0, 0.1) is 0 Å². The number of nitrogens with zero attached hydrogens (tertiary/aromatic N) is 1. The molecular weight excluding hydrogens is 272 g/mol. The third-order valence-electron chi connectivity index (χ3n) is 5.53. The number of rotatable bonds is 3. The highest BCUT2D eigenvalue weighted by atomic mass is 16.1. The Bertz CT molecular complexity index is 622. The molecule has 0 aromatic heterocycles. The summed E-state index contributed by atoms with van der Waals surface area (Å²) in [6.45, 7) is 5.60. The van der Waals surface area contributed by atoms with Crippen LogP contribution in [0.4, 0.5) is 0 Å². The summed E-state index contributed by atoms with van der Waals surface area (Å²) in [6, 6.07) is 8.93. The van der Waals surface area contributed by atoms with Crippen LogP contribution in [0.15, 0.2) is 30.3 Å². The van der Waals surface area contributed by atoms with Gasteiger partial charge in [0, 0.05) is 17.0 Å². The number of nitrogens with one attached hydrogen (secondary N) is 1. The van der Waals surface area contributed by atoms with Crippen molar-refractivity contribution in [3.63, 3.8) is 0 Å². The van der Waals surface area contributed by atoms with Gasteiger partial charge in [-0.2, -0.15) is 0 Å². The summed E-state index contributed by atoms with van der Waals surface area (Å²) >= 11 is 0. The van der Waals surface area contributed by atoms with Gasteiger partial charge in [0.2, 0.25) is 0 Å². The summed E-state index contributed by atoms with van der Waals surface area (Å²) < 4.78 is 0. The average Bonchev–Trinajstić information content (AvgIpc) is 3.31. The second kappa shape index (κ2) is 5.24. The lowest BCUT2D eigenvalue weighted by Crippen LogP contribution is -2.40. The Hall–Kier alpha value is -1.61. The molecule has 3 heteroatoms. The molecule has 4 rings (SSSR count). The van der Waals surface area contributed by atoms with Crippen molar-refractivity contribution in [1.29, 1.82) is 0 Å². The Balaban J connectivity index is 1.67. The summed E-state index contributed by atoms with van der Waals surface area (Å²) in [5, 5.41) is 3.16. The second-order valence-corrected chi connectivity index (χ2v) is 6.94. The molecule has 0 atom stereocenters. The van der Waals surface area contributed by atoms with Gasteiger partial charge in [-0.25, -0.2) is 0 Å². The second-order valence-electron chi connectivity index (χ2n) is 6.94. The van der Waals surface area contributed by atoms with E-state index in [0.717, 1.165) is 56.5 Å². The minimum atomic E-state index is 0.0818. The molecule has 1 amide bonds. The number of benzene rings is 1. The fraction of sp³-hybridized carbons (Fsp3) is 0.526. The van der Waals surface area contributed by atoms with Crippen molar-refractivity contribution in [1.82, 2.24) is 10.2 Å². The molecule has 2 aliphatic carbocycles. The van der Waals surface area contributed by atoms with Crippen molar-refractivity contribution >= 4 is 11.5 Å². The number of carbonyl (C=O) groups excluding carboxylic acids is 1. The van der Waals surface area contributed by atoms with Gasteiger partial charge in [-0.05, 0) is 56.4 Å². The van der Waals surface area contributed by atoms with Crippen LogP contribution in [0.25, 0.3) is 5.57 Å². The number of hydrogen-bond acceptors (Lipinski definition) is 2. The maximum Gasteiger partial charge on any atom is 0.251 e. The molecule has 1 saturated carbocycles. The quantitative estimate of drug-likeness (QED) is 0.930. The van der Waals surface area contributed by atoms with Gasteiger partial charge in [-0.3, -0.25) is 4.79 Å². The molecule has 1 N–H and O–H groups in total. The molecule has 3 aliphatic rings. The van der Waals surface area contributed by atoms with Gasteiger partial charge >= 0.3 is 0 Å². The number of fused-ring (bicyclic) bond motifs is 2. The maximum atomic E-state index is 12.6. The van der Waals surface area contributed by atoms with Crippen LogP contribution in [0.3, 0.4) is 0 Å². The molecule has 1 saturated heterocycles. The average molecular weight is 296 g/mol. The van der Waals surface area contributed by atoms with E-state index in [-0.39, 0.29) is 11.3 Å². The summed E-state index contributed by atoms with van der Waals surface area (Å²) in [7, 11) is 0. The molecule has 1 heterocycles. The van der Waals surface area contributed by atoms with Crippen molar-refractivity contribution in [2.24, 2.45) is 0 Å². The zero-order valence-corrected chi connectivity index (χ0v) is 13.3. The molecular formula is C19H24N2O. The van der Waals surface area contributed by atoms with Gasteiger partial charge in [-0.15, -0.1) is 0 Å². The predicted molar refractivity (Wildman–Crippen MR) is 88.6 cm³/mol. The Labute approximate surface area is 132 Å². The topological polar surface area (TPSA) is 32.3 Å². The lowest BCUT2D eigenvalue weighted by atomic mass is 9.74. The van der Waals surface area contributed by atoms with Crippen LogP contribution < -0.4 is 5.32 Å². The van der Waals surface area contributed by atoms with Crippen molar-refractivity contribution in [3.8, 4) is 0 Å². The van der Waals surface area contributed by atoms with E-state index in [4.69, 9.17) is 0 Å². The summed E-state index contributed by atoms with van der Waals surface area (Å²) in [5.74, 6) is 0.129. The van der Waals surface area contributed by atoms with E-state index >= 15 is 0 Å². The number of hydrogen-bond donors (Lipinski definition) is 1. The monoisotopic (exact) mass is 296 g/mol. The minimum Gasteiger partial charge on any atom is -0.349 e.